The van der Waals surface area contributed by atoms with E-state index in [4.69, 9.17) is 18.8 Å². The molecule has 0 atom stereocenters. The first-order chi connectivity index (χ1) is 25.1. The minimum atomic E-state index is 0.544. The van der Waals surface area contributed by atoms with E-state index >= 15 is 0 Å². The summed E-state index contributed by atoms with van der Waals surface area (Å²) in [6.07, 6.45) is 0. The van der Waals surface area contributed by atoms with Crippen molar-refractivity contribution in [3.8, 4) is 22.3 Å². The summed E-state index contributed by atoms with van der Waals surface area (Å²) >= 11 is 0. The minimum Gasteiger partial charge on any atom is -0.456 e. The molecule has 0 spiro atoms. The van der Waals surface area contributed by atoms with Gasteiger partial charge in [-0.05, 0) is 83.3 Å². The average Bonchev–Trinajstić information content (AvgIpc) is 3.75. The number of amidine groups is 1. The Labute approximate surface area is 295 Å². The maximum absolute atomic E-state index is 6.36. The molecule has 0 saturated carbocycles. The third-order valence-electron chi connectivity index (χ3n) is 9.45. The van der Waals surface area contributed by atoms with Crippen LogP contribution in [0.2, 0.25) is 0 Å². The van der Waals surface area contributed by atoms with Crippen molar-refractivity contribution in [2.45, 2.75) is 6.92 Å². The van der Waals surface area contributed by atoms with Crippen LogP contribution in [0.3, 0.4) is 0 Å². The van der Waals surface area contributed by atoms with Gasteiger partial charge in [0.05, 0.1) is 5.70 Å². The zero-order valence-corrected chi connectivity index (χ0v) is 28.0. The Morgan fingerprint density at radius 1 is 0.412 bits per heavy atom. The highest BCUT2D eigenvalue weighted by Gasteiger charge is 2.14. The second-order valence-corrected chi connectivity index (χ2v) is 12.7. The molecule has 0 aliphatic rings. The number of furan rings is 2. The van der Waals surface area contributed by atoms with Crippen LogP contribution in [0.25, 0.3) is 71.8 Å². The molecule has 2 aromatic heterocycles. The molecular weight excluding hydrogens is 625 g/mol. The maximum atomic E-state index is 6.36. The maximum Gasteiger partial charge on any atom is 0.160 e. The second kappa shape index (κ2) is 12.6. The number of fused-ring (bicyclic) bond motifs is 6. The molecule has 0 N–H and O–H groups in total. The first-order valence-corrected chi connectivity index (χ1v) is 17.0. The summed E-state index contributed by atoms with van der Waals surface area (Å²) in [5, 5.41) is 4.28. The van der Waals surface area contributed by atoms with Crippen molar-refractivity contribution in [3.05, 3.63) is 187 Å². The number of hydrogen-bond acceptors (Lipinski definition) is 3. The van der Waals surface area contributed by atoms with Crippen LogP contribution in [0.4, 0.5) is 0 Å². The lowest BCUT2D eigenvalue weighted by molar-refractivity contribution is 0.668. The van der Waals surface area contributed by atoms with E-state index in [2.05, 4.69) is 110 Å². The molecule has 0 radical (unpaired) electrons. The van der Waals surface area contributed by atoms with Gasteiger partial charge in [0.25, 0.3) is 0 Å². The van der Waals surface area contributed by atoms with E-state index in [1.807, 2.05) is 67.6 Å². The van der Waals surface area contributed by atoms with E-state index in [0.717, 1.165) is 83.0 Å². The Balaban J connectivity index is 1.13. The van der Waals surface area contributed by atoms with Gasteiger partial charge in [-0.15, -0.1) is 0 Å². The third-order valence-corrected chi connectivity index (χ3v) is 9.45. The quantitative estimate of drug-likeness (QED) is 0.132. The molecule has 0 bridgehead atoms. The van der Waals surface area contributed by atoms with Crippen molar-refractivity contribution >= 4 is 61.1 Å². The molecule has 7 aromatic carbocycles. The highest BCUT2D eigenvalue weighted by atomic mass is 16.3. The fraction of sp³-hybridized carbons (Fsp3) is 0.0213. The summed E-state index contributed by atoms with van der Waals surface area (Å²) in [6, 6.07) is 55.9. The Bertz CT molecular complexity index is 2820. The summed E-state index contributed by atoms with van der Waals surface area (Å²) in [6.45, 7) is 6.41. The van der Waals surface area contributed by atoms with Gasteiger partial charge in [0.1, 0.15) is 22.3 Å². The largest absolute Gasteiger partial charge is 0.456 e. The predicted octanol–water partition coefficient (Wildman–Crippen LogP) is 12.7. The van der Waals surface area contributed by atoms with E-state index in [-0.39, 0.29) is 0 Å². The summed E-state index contributed by atoms with van der Waals surface area (Å²) in [7, 11) is 0. The fourth-order valence-corrected chi connectivity index (χ4v) is 6.76. The first kappa shape index (κ1) is 30.3. The third kappa shape index (κ3) is 5.73. The molecule has 4 heteroatoms. The molecule has 0 aliphatic heterocycles. The van der Waals surface area contributed by atoms with E-state index in [9.17, 15) is 0 Å². The van der Waals surface area contributed by atoms with Crippen LogP contribution >= 0.6 is 0 Å². The van der Waals surface area contributed by atoms with Crippen molar-refractivity contribution in [1.29, 1.82) is 0 Å². The number of para-hydroxylation sites is 1. The van der Waals surface area contributed by atoms with E-state index < -0.39 is 0 Å². The summed E-state index contributed by atoms with van der Waals surface area (Å²) < 4.78 is 12.6. The van der Waals surface area contributed by atoms with Gasteiger partial charge in [-0.1, -0.05) is 122 Å². The Morgan fingerprint density at radius 3 is 1.73 bits per heavy atom. The first-order valence-electron chi connectivity index (χ1n) is 17.0. The van der Waals surface area contributed by atoms with Gasteiger partial charge in [-0.3, -0.25) is 0 Å². The fourth-order valence-electron chi connectivity index (χ4n) is 6.76. The highest BCUT2D eigenvalue weighted by Crippen LogP contribution is 2.34. The van der Waals surface area contributed by atoms with Crippen LogP contribution < -0.4 is 0 Å². The number of nitrogens with zero attached hydrogens (tertiary/aromatic N) is 2. The second-order valence-electron chi connectivity index (χ2n) is 12.7. The van der Waals surface area contributed by atoms with Gasteiger partial charge < -0.3 is 8.83 Å². The number of hydrogen-bond donors (Lipinski definition) is 0. The molecule has 51 heavy (non-hydrogen) atoms. The number of aliphatic imine (C=N–C) groups is 2. The lowest BCUT2D eigenvalue weighted by Crippen LogP contribution is -2.04. The van der Waals surface area contributed by atoms with Gasteiger partial charge in [-0.25, -0.2) is 9.98 Å². The molecule has 0 fully saturated rings. The highest BCUT2D eigenvalue weighted by molar-refractivity contribution is 6.16. The van der Waals surface area contributed by atoms with Crippen molar-refractivity contribution in [2.75, 3.05) is 0 Å². The van der Waals surface area contributed by atoms with Crippen LogP contribution in [0.1, 0.15) is 23.6 Å². The standard InChI is InChI=1S/C47H32N2O2/c1-30(34-16-11-17-36(26-34)32-12-5-3-6-13-32)48-47(38-21-24-40-39-18-9-10-19-43(39)50-46(40)29-38)49-31(2)35-20-23-41-42-27-37(33-14-7-4-8-15-33)22-25-44(42)51-45(41)28-35/h3-29H,1H2,2H3. The van der Waals surface area contributed by atoms with Gasteiger partial charge in [-0.2, -0.15) is 0 Å². The molecule has 0 unspecified atom stereocenters. The van der Waals surface area contributed by atoms with E-state index in [0.29, 0.717) is 11.5 Å². The monoisotopic (exact) mass is 656 g/mol. The SMILES string of the molecule is C=C(N=C(N=C(C)c1ccc2c(c1)oc1ccc(-c3ccccc3)cc12)c1ccc2c(c1)oc1ccccc12)c1cccc(-c2ccccc2)c1. The smallest absolute Gasteiger partial charge is 0.160 e. The zero-order chi connectivity index (χ0) is 34.3. The van der Waals surface area contributed by atoms with Crippen LogP contribution in [-0.4, -0.2) is 11.5 Å². The topological polar surface area (TPSA) is 51.0 Å². The van der Waals surface area contributed by atoms with Crippen LogP contribution in [0, 0.1) is 0 Å². The van der Waals surface area contributed by atoms with Crippen LogP contribution in [0.5, 0.6) is 0 Å². The molecule has 4 nitrogen and oxygen atoms in total. The predicted molar refractivity (Wildman–Crippen MR) is 213 cm³/mol. The van der Waals surface area contributed by atoms with Crippen molar-refractivity contribution < 1.29 is 8.83 Å². The van der Waals surface area contributed by atoms with Crippen LogP contribution in [0.15, 0.2) is 189 Å². The van der Waals surface area contributed by atoms with E-state index in [1.165, 1.54) is 5.56 Å². The van der Waals surface area contributed by atoms with Crippen molar-refractivity contribution in [3.63, 3.8) is 0 Å². The summed E-state index contributed by atoms with van der Waals surface area (Å²) in [5.41, 5.74) is 12.0. The Morgan fingerprint density at radius 2 is 0.980 bits per heavy atom. The minimum absolute atomic E-state index is 0.544. The van der Waals surface area contributed by atoms with Gasteiger partial charge in [0.2, 0.25) is 0 Å². The number of rotatable bonds is 6. The van der Waals surface area contributed by atoms with Gasteiger partial charge in [0.15, 0.2) is 5.84 Å². The molecule has 0 aliphatic carbocycles. The molecule has 0 saturated heterocycles. The average molecular weight is 657 g/mol. The van der Waals surface area contributed by atoms with Crippen LogP contribution in [-0.2, 0) is 0 Å². The molecule has 2 heterocycles. The van der Waals surface area contributed by atoms with Gasteiger partial charge in [0, 0.05) is 38.4 Å². The lowest BCUT2D eigenvalue weighted by atomic mass is 10.0. The molecule has 9 aromatic rings. The zero-order valence-electron chi connectivity index (χ0n) is 28.0. The molecule has 242 valence electrons. The van der Waals surface area contributed by atoms with Gasteiger partial charge >= 0.3 is 0 Å². The normalized spacial score (nSPS) is 12.3. The summed E-state index contributed by atoms with van der Waals surface area (Å²) in [4.78, 5) is 10.2. The van der Waals surface area contributed by atoms with Crippen molar-refractivity contribution in [1.82, 2.24) is 0 Å². The van der Waals surface area contributed by atoms with E-state index in [1.54, 1.807) is 0 Å². The Kier molecular flexibility index (Phi) is 7.48. The molecule has 0 amide bonds. The molecular formula is C47H32N2O2. The summed E-state index contributed by atoms with van der Waals surface area (Å²) in [5.74, 6) is 0.544. The number of benzene rings is 7. The lowest BCUT2D eigenvalue weighted by Gasteiger charge is -2.09. The Hall–Kier alpha value is -6.78. The van der Waals surface area contributed by atoms with Crippen molar-refractivity contribution in [2.24, 2.45) is 9.98 Å². The molecule has 9 rings (SSSR count).